The lowest BCUT2D eigenvalue weighted by atomic mass is 9.95. The second-order valence-electron chi connectivity index (χ2n) is 4.75. The Balaban J connectivity index is 2.61. The highest BCUT2D eigenvalue weighted by atomic mass is 16.5. The summed E-state index contributed by atoms with van der Waals surface area (Å²) in [6, 6.07) is 7.57. The number of rotatable bonds is 5. The fraction of sp³-hybridized carbons (Fsp3) is 0.467. The minimum Gasteiger partial charge on any atom is -0.463 e. The molecule has 0 radical (unpaired) electrons. The molecule has 2 unspecified atom stereocenters. The van der Waals surface area contributed by atoms with Crippen LogP contribution in [0.1, 0.15) is 43.6 Å². The summed E-state index contributed by atoms with van der Waals surface area (Å²) >= 11 is 0. The van der Waals surface area contributed by atoms with Crippen LogP contribution in [0.3, 0.4) is 0 Å². The molecule has 0 aliphatic carbocycles. The van der Waals surface area contributed by atoms with E-state index in [1.54, 1.807) is 6.92 Å². The normalized spacial score (nSPS) is 13.8. The molecule has 0 saturated carbocycles. The van der Waals surface area contributed by atoms with Crippen molar-refractivity contribution in [3.8, 4) is 0 Å². The Bertz CT molecular complexity index is 420. The lowest BCUT2D eigenvalue weighted by molar-refractivity contribution is -0.147. The molecule has 3 nitrogen and oxygen atoms in total. The van der Waals surface area contributed by atoms with Crippen LogP contribution in [0.2, 0.25) is 0 Å². The van der Waals surface area contributed by atoms with Crippen LogP contribution < -0.4 is 0 Å². The van der Waals surface area contributed by atoms with Gasteiger partial charge in [-0.2, -0.15) is 0 Å². The number of carbonyl (C=O) groups is 2. The van der Waals surface area contributed by atoms with Gasteiger partial charge in [0, 0.05) is 12.5 Å². The zero-order valence-electron chi connectivity index (χ0n) is 11.4. The summed E-state index contributed by atoms with van der Waals surface area (Å²) in [6.07, 6.45) is 0.724. The second kappa shape index (κ2) is 6.34. The van der Waals surface area contributed by atoms with Crippen molar-refractivity contribution in [2.75, 3.05) is 0 Å². The maximum atomic E-state index is 11.2. The SMILES string of the molecule is CC(=O)OC(C)C(C)Cc1ccc(C(C)=O)cc1. The summed E-state index contributed by atoms with van der Waals surface area (Å²) in [4.78, 5) is 22.0. The number of carbonyl (C=O) groups excluding carboxylic acids is 2. The first-order valence-corrected chi connectivity index (χ1v) is 6.17. The molecule has 0 aliphatic heterocycles. The van der Waals surface area contributed by atoms with Crippen LogP contribution in [0.15, 0.2) is 24.3 Å². The lowest BCUT2D eigenvalue weighted by Gasteiger charge is -2.19. The van der Waals surface area contributed by atoms with Gasteiger partial charge in [0.15, 0.2) is 5.78 Å². The number of ether oxygens (including phenoxy) is 1. The smallest absolute Gasteiger partial charge is 0.302 e. The van der Waals surface area contributed by atoms with E-state index in [2.05, 4.69) is 0 Å². The molecule has 1 aromatic carbocycles. The van der Waals surface area contributed by atoms with Crippen LogP contribution in [0.25, 0.3) is 0 Å². The Labute approximate surface area is 108 Å². The van der Waals surface area contributed by atoms with Gasteiger partial charge >= 0.3 is 5.97 Å². The van der Waals surface area contributed by atoms with Crippen molar-refractivity contribution in [3.05, 3.63) is 35.4 Å². The van der Waals surface area contributed by atoms with Gasteiger partial charge < -0.3 is 4.74 Å². The highest BCUT2D eigenvalue weighted by Crippen LogP contribution is 2.15. The largest absolute Gasteiger partial charge is 0.463 e. The van der Waals surface area contributed by atoms with E-state index < -0.39 is 0 Å². The molecule has 1 rings (SSSR count). The molecule has 18 heavy (non-hydrogen) atoms. The van der Waals surface area contributed by atoms with Crippen LogP contribution in [0, 0.1) is 5.92 Å². The van der Waals surface area contributed by atoms with Crippen molar-refractivity contribution in [1.29, 1.82) is 0 Å². The standard InChI is InChI=1S/C15H20O3/c1-10(12(3)18-13(4)17)9-14-5-7-15(8-6-14)11(2)16/h5-8,10,12H,9H2,1-4H3. The van der Waals surface area contributed by atoms with Crippen LogP contribution in [-0.4, -0.2) is 17.9 Å². The molecular weight excluding hydrogens is 228 g/mol. The van der Waals surface area contributed by atoms with Crippen molar-refractivity contribution < 1.29 is 14.3 Å². The van der Waals surface area contributed by atoms with Crippen molar-refractivity contribution in [3.63, 3.8) is 0 Å². The molecule has 3 heteroatoms. The first-order chi connectivity index (χ1) is 8.40. The van der Waals surface area contributed by atoms with Crippen LogP contribution in [0.4, 0.5) is 0 Å². The molecule has 0 fully saturated rings. The number of ketones is 1. The molecule has 0 N–H and O–H groups in total. The summed E-state index contributed by atoms with van der Waals surface area (Å²) in [5.74, 6) is 0.0706. The number of esters is 1. The van der Waals surface area contributed by atoms with Gasteiger partial charge in [-0.1, -0.05) is 31.2 Å². The van der Waals surface area contributed by atoms with Gasteiger partial charge in [0.1, 0.15) is 6.10 Å². The highest BCUT2D eigenvalue weighted by molar-refractivity contribution is 5.93. The Kier molecular flexibility index (Phi) is 5.08. The first-order valence-electron chi connectivity index (χ1n) is 6.17. The number of benzene rings is 1. The van der Waals surface area contributed by atoms with Crippen molar-refractivity contribution >= 4 is 11.8 Å². The highest BCUT2D eigenvalue weighted by Gasteiger charge is 2.15. The summed E-state index contributed by atoms with van der Waals surface area (Å²) in [6.45, 7) is 6.92. The summed E-state index contributed by atoms with van der Waals surface area (Å²) in [5, 5.41) is 0. The van der Waals surface area contributed by atoms with Gasteiger partial charge in [0.2, 0.25) is 0 Å². The third kappa shape index (κ3) is 4.32. The molecule has 0 heterocycles. The van der Waals surface area contributed by atoms with E-state index >= 15 is 0 Å². The van der Waals surface area contributed by atoms with E-state index in [0.717, 1.165) is 17.5 Å². The van der Waals surface area contributed by atoms with Crippen molar-refractivity contribution in [2.45, 2.75) is 40.2 Å². The fourth-order valence-electron chi connectivity index (χ4n) is 1.79. The molecule has 0 spiro atoms. The number of Topliss-reactive ketones (excluding diaryl/α,β-unsaturated/α-hetero) is 1. The predicted molar refractivity (Wildman–Crippen MR) is 70.5 cm³/mol. The molecular formula is C15H20O3. The Morgan fingerprint density at radius 3 is 2.11 bits per heavy atom. The zero-order chi connectivity index (χ0) is 13.7. The zero-order valence-corrected chi connectivity index (χ0v) is 11.4. The minimum atomic E-state index is -0.249. The van der Waals surface area contributed by atoms with E-state index in [-0.39, 0.29) is 23.8 Å². The predicted octanol–water partition coefficient (Wildman–Crippen LogP) is 3.02. The van der Waals surface area contributed by atoms with Gasteiger partial charge in [-0.15, -0.1) is 0 Å². The van der Waals surface area contributed by atoms with Crippen LogP contribution >= 0.6 is 0 Å². The Morgan fingerprint density at radius 2 is 1.67 bits per heavy atom. The third-order valence-electron chi connectivity index (χ3n) is 3.07. The molecule has 0 bridgehead atoms. The van der Waals surface area contributed by atoms with Crippen LogP contribution in [-0.2, 0) is 16.0 Å². The summed E-state index contributed by atoms with van der Waals surface area (Å²) < 4.78 is 5.15. The van der Waals surface area contributed by atoms with E-state index in [1.165, 1.54) is 6.92 Å². The summed E-state index contributed by atoms with van der Waals surface area (Å²) in [5.41, 5.74) is 1.87. The fourth-order valence-corrected chi connectivity index (χ4v) is 1.79. The van der Waals surface area contributed by atoms with E-state index in [1.807, 2.05) is 38.1 Å². The van der Waals surface area contributed by atoms with Gasteiger partial charge in [-0.05, 0) is 31.7 Å². The molecule has 0 saturated heterocycles. The lowest BCUT2D eigenvalue weighted by Crippen LogP contribution is -2.22. The number of hydrogen-bond donors (Lipinski definition) is 0. The average molecular weight is 248 g/mol. The second-order valence-corrected chi connectivity index (χ2v) is 4.75. The van der Waals surface area contributed by atoms with Gasteiger partial charge in [-0.25, -0.2) is 0 Å². The van der Waals surface area contributed by atoms with Crippen molar-refractivity contribution in [2.24, 2.45) is 5.92 Å². The molecule has 0 aliphatic rings. The maximum Gasteiger partial charge on any atom is 0.302 e. The third-order valence-corrected chi connectivity index (χ3v) is 3.07. The minimum absolute atomic E-state index is 0.0721. The van der Waals surface area contributed by atoms with E-state index in [0.29, 0.717) is 0 Å². The van der Waals surface area contributed by atoms with Gasteiger partial charge in [0.25, 0.3) is 0 Å². The monoisotopic (exact) mass is 248 g/mol. The van der Waals surface area contributed by atoms with Crippen molar-refractivity contribution in [1.82, 2.24) is 0 Å². The Morgan fingerprint density at radius 1 is 1.11 bits per heavy atom. The van der Waals surface area contributed by atoms with Gasteiger partial charge in [0.05, 0.1) is 0 Å². The Hall–Kier alpha value is -1.64. The van der Waals surface area contributed by atoms with E-state index in [4.69, 9.17) is 4.74 Å². The number of hydrogen-bond acceptors (Lipinski definition) is 3. The van der Waals surface area contributed by atoms with Gasteiger partial charge in [-0.3, -0.25) is 9.59 Å². The molecule has 0 amide bonds. The van der Waals surface area contributed by atoms with Crippen LogP contribution in [0.5, 0.6) is 0 Å². The quantitative estimate of drug-likeness (QED) is 0.594. The molecule has 98 valence electrons. The molecule has 0 aromatic heterocycles. The maximum absolute atomic E-state index is 11.2. The average Bonchev–Trinajstić information content (AvgIpc) is 2.28. The topological polar surface area (TPSA) is 43.4 Å². The first kappa shape index (κ1) is 14.4. The van der Waals surface area contributed by atoms with E-state index in [9.17, 15) is 9.59 Å². The summed E-state index contributed by atoms with van der Waals surface area (Å²) in [7, 11) is 0. The molecule has 2 atom stereocenters. The molecule has 1 aromatic rings.